The van der Waals surface area contributed by atoms with E-state index in [9.17, 15) is 22.8 Å². The minimum Gasteiger partial charge on any atom is -0.352 e. The van der Waals surface area contributed by atoms with Crippen molar-refractivity contribution in [1.29, 1.82) is 0 Å². The van der Waals surface area contributed by atoms with E-state index in [0.717, 1.165) is 16.5 Å². The lowest BCUT2D eigenvalue weighted by molar-refractivity contribution is -0.143. The number of nitrogens with one attached hydrogen (secondary N) is 3. The molecular weight excluding hydrogens is 437 g/mol. The molecule has 0 fully saturated rings. The van der Waals surface area contributed by atoms with Gasteiger partial charge in [0, 0.05) is 60.3 Å². The second-order valence-corrected chi connectivity index (χ2v) is 8.14. The molecule has 0 aliphatic rings. The van der Waals surface area contributed by atoms with E-state index in [1.165, 1.54) is 13.1 Å². The van der Waals surface area contributed by atoms with Crippen LogP contribution < -0.4 is 16.4 Å². The zero-order valence-electron chi connectivity index (χ0n) is 18.4. The van der Waals surface area contributed by atoms with Crippen molar-refractivity contribution in [3.8, 4) is 11.1 Å². The van der Waals surface area contributed by atoms with E-state index in [1.807, 2.05) is 11.4 Å². The SMILES string of the molecule is CC(=O)NCc1cnc2[nH]cc(-c3cncc([C@@](N)(C(=O)NCC(F)(F)F)C(C)C)c3)c2c1. The number of pyridine rings is 2. The summed E-state index contributed by atoms with van der Waals surface area (Å²) in [5, 5.41) is 5.36. The van der Waals surface area contributed by atoms with Crippen LogP contribution in [0.1, 0.15) is 31.9 Å². The van der Waals surface area contributed by atoms with E-state index >= 15 is 0 Å². The Balaban J connectivity index is 1.99. The number of rotatable bonds is 7. The number of fused-ring (bicyclic) bond motifs is 1. The Hall–Kier alpha value is -3.47. The first-order valence-electron chi connectivity index (χ1n) is 10.2. The van der Waals surface area contributed by atoms with Gasteiger partial charge in [0.1, 0.15) is 17.7 Å². The zero-order chi connectivity index (χ0) is 24.4. The number of H-pyrrole nitrogens is 1. The molecule has 33 heavy (non-hydrogen) atoms. The molecule has 0 aromatic carbocycles. The molecule has 3 rings (SSSR count). The van der Waals surface area contributed by atoms with E-state index in [4.69, 9.17) is 5.73 Å². The highest BCUT2D eigenvalue weighted by atomic mass is 19.4. The number of aromatic amines is 1. The number of hydrogen-bond donors (Lipinski definition) is 4. The first-order valence-corrected chi connectivity index (χ1v) is 10.2. The van der Waals surface area contributed by atoms with Gasteiger partial charge in [-0.15, -0.1) is 0 Å². The Morgan fingerprint density at radius 3 is 2.52 bits per heavy atom. The lowest BCUT2D eigenvalue weighted by Gasteiger charge is -2.32. The molecule has 0 saturated carbocycles. The maximum Gasteiger partial charge on any atom is 0.405 e. The summed E-state index contributed by atoms with van der Waals surface area (Å²) in [6.45, 7) is 3.56. The van der Waals surface area contributed by atoms with Crippen LogP contribution in [0, 0.1) is 5.92 Å². The van der Waals surface area contributed by atoms with E-state index in [1.54, 1.807) is 38.5 Å². The van der Waals surface area contributed by atoms with Crippen LogP contribution >= 0.6 is 0 Å². The topological polar surface area (TPSA) is 126 Å². The van der Waals surface area contributed by atoms with Gasteiger partial charge in [-0.2, -0.15) is 13.2 Å². The Labute approximate surface area is 188 Å². The van der Waals surface area contributed by atoms with Crippen LogP contribution in [-0.4, -0.2) is 39.5 Å². The van der Waals surface area contributed by atoms with Gasteiger partial charge in [0.2, 0.25) is 11.8 Å². The molecule has 5 N–H and O–H groups in total. The summed E-state index contributed by atoms with van der Waals surface area (Å²) in [7, 11) is 0. The summed E-state index contributed by atoms with van der Waals surface area (Å²) in [5.74, 6) is -1.62. The maximum atomic E-state index is 12.7. The summed E-state index contributed by atoms with van der Waals surface area (Å²) in [5.41, 5.74) is 7.65. The zero-order valence-corrected chi connectivity index (χ0v) is 18.4. The molecule has 3 aromatic heterocycles. The van der Waals surface area contributed by atoms with Crippen LogP contribution in [0.15, 0.2) is 36.9 Å². The monoisotopic (exact) mass is 462 g/mol. The highest BCUT2D eigenvalue weighted by Crippen LogP contribution is 2.33. The third-order valence-corrected chi connectivity index (χ3v) is 5.39. The smallest absolute Gasteiger partial charge is 0.352 e. The number of aromatic nitrogens is 3. The lowest BCUT2D eigenvalue weighted by atomic mass is 9.80. The molecule has 0 radical (unpaired) electrons. The lowest BCUT2D eigenvalue weighted by Crippen LogP contribution is -2.56. The number of halogens is 3. The number of carbonyl (C=O) groups excluding carboxylic acids is 2. The van der Waals surface area contributed by atoms with Crippen molar-refractivity contribution in [2.75, 3.05) is 6.54 Å². The van der Waals surface area contributed by atoms with Crippen LogP contribution in [0.4, 0.5) is 13.2 Å². The Morgan fingerprint density at radius 2 is 1.88 bits per heavy atom. The van der Waals surface area contributed by atoms with E-state index < -0.39 is 30.1 Å². The number of nitrogens with two attached hydrogens (primary N) is 1. The van der Waals surface area contributed by atoms with Gasteiger partial charge in [-0.25, -0.2) is 4.98 Å². The molecule has 0 aliphatic heterocycles. The molecule has 0 spiro atoms. The molecule has 0 bridgehead atoms. The summed E-state index contributed by atoms with van der Waals surface area (Å²) in [4.78, 5) is 35.5. The minimum atomic E-state index is -4.56. The predicted octanol–water partition coefficient (Wildman–Crippen LogP) is 2.75. The van der Waals surface area contributed by atoms with Crippen LogP contribution in [0.5, 0.6) is 0 Å². The third-order valence-electron chi connectivity index (χ3n) is 5.39. The van der Waals surface area contributed by atoms with Crippen molar-refractivity contribution in [3.05, 3.63) is 48.0 Å². The van der Waals surface area contributed by atoms with E-state index in [-0.39, 0.29) is 11.5 Å². The highest BCUT2D eigenvalue weighted by molar-refractivity contribution is 5.94. The number of hydrogen-bond acceptors (Lipinski definition) is 5. The standard InChI is InChI=1S/C22H25F3N6O2/c1-12(2)22(26,20(33)31-11-21(23,24)25)16-5-15(8-27-9-16)18-10-30-19-17(18)4-14(7-29-19)6-28-13(3)32/h4-5,7-10,12H,6,11,26H2,1-3H3,(H,28,32)(H,29,30)(H,31,33)/t22-/m1/s1. The van der Waals surface area contributed by atoms with E-state index in [2.05, 4.69) is 20.3 Å². The fraction of sp³-hybridized carbons (Fsp3) is 0.364. The van der Waals surface area contributed by atoms with Crippen molar-refractivity contribution in [1.82, 2.24) is 25.6 Å². The fourth-order valence-electron chi connectivity index (χ4n) is 3.48. The molecule has 0 unspecified atom stereocenters. The van der Waals surface area contributed by atoms with Crippen LogP contribution in [0.3, 0.4) is 0 Å². The average molecular weight is 462 g/mol. The molecule has 3 heterocycles. The molecule has 3 aromatic rings. The van der Waals surface area contributed by atoms with Gasteiger partial charge in [0.05, 0.1) is 0 Å². The van der Waals surface area contributed by atoms with Crippen LogP contribution in [0.2, 0.25) is 0 Å². The van der Waals surface area contributed by atoms with Crippen LogP contribution in [-0.2, 0) is 21.7 Å². The third kappa shape index (κ3) is 5.30. The molecule has 2 amide bonds. The summed E-state index contributed by atoms with van der Waals surface area (Å²) < 4.78 is 37.9. The van der Waals surface area contributed by atoms with E-state index in [0.29, 0.717) is 17.8 Å². The Bertz CT molecular complexity index is 1170. The summed E-state index contributed by atoms with van der Waals surface area (Å²) >= 11 is 0. The molecule has 176 valence electrons. The Morgan fingerprint density at radius 1 is 1.15 bits per heavy atom. The molecular formula is C22H25F3N6O2. The largest absolute Gasteiger partial charge is 0.405 e. The fourth-order valence-corrected chi connectivity index (χ4v) is 3.48. The minimum absolute atomic E-state index is 0.168. The van der Waals surface area contributed by atoms with Crippen molar-refractivity contribution >= 4 is 22.8 Å². The number of carbonyl (C=O) groups is 2. The van der Waals surface area contributed by atoms with Gasteiger partial charge in [0.15, 0.2) is 0 Å². The van der Waals surface area contributed by atoms with Gasteiger partial charge in [0.25, 0.3) is 0 Å². The predicted molar refractivity (Wildman–Crippen MR) is 117 cm³/mol. The van der Waals surface area contributed by atoms with Gasteiger partial charge in [-0.3, -0.25) is 14.6 Å². The van der Waals surface area contributed by atoms with Crippen molar-refractivity contribution in [2.24, 2.45) is 11.7 Å². The quantitative estimate of drug-likeness (QED) is 0.430. The molecule has 11 heteroatoms. The van der Waals surface area contributed by atoms with Gasteiger partial charge >= 0.3 is 6.18 Å². The van der Waals surface area contributed by atoms with Crippen molar-refractivity contribution in [3.63, 3.8) is 0 Å². The first kappa shape index (κ1) is 24.2. The second-order valence-electron chi connectivity index (χ2n) is 8.14. The number of alkyl halides is 3. The summed E-state index contributed by atoms with van der Waals surface area (Å²) in [6.07, 6.45) is 1.76. The first-order chi connectivity index (χ1) is 15.4. The molecule has 8 nitrogen and oxygen atoms in total. The van der Waals surface area contributed by atoms with Gasteiger partial charge < -0.3 is 21.4 Å². The second kappa shape index (κ2) is 9.18. The molecule has 0 saturated heterocycles. The number of nitrogens with zero attached hydrogens (tertiary/aromatic N) is 2. The molecule has 1 atom stereocenters. The van der Waals surface area contributed by atoms with Gasteiger partial charge in [-0.05, 0) is 23.6 Å². The Kier molecular flexibility index (Phi) is 6.73. The van der Waals surface area contributed by atoms with Crippen LogP contribution in [0.25, 0.3) is 22.2 Å². The molecule has 0 aliphatic carbocycles. The number of amides is 2. The highest BCUT2D eigenvalue weighted by Gasteiger charge is 2.41. The van der Waals surface area contributed by atoms with Crippen molar-refractivity contribution in [2.45, 2.75) is 39.0 Å². The summed E-state index contributed by atoms with van der Waals surface area (Å²) in [6, 6.07) is 3.51. The van der Waals surface area contributed by atoms with Crippen molar-refractivity contribution < 1.29 is 22.8 Å². The average Bonchev–Trinajstić information content (AvgIpc) is 3.18. The van der Waals surface area contributed by atoms with Gasteiger partial charge in [-0.1, -0.05) is 13.8 Å². The normalized spacial score (nSPS) is 13.7. The maximum absolute atomic E-state index is 12.7.